The smallest absolute Gasteiger partial charge is 0.252 e. The van der Waals surface area contributed by atoms with Gasteiger partial charge in [0.15, 0.2) is 0 Å². The van der Waals surface area contributed by atoms with E-state index in [-0.39, 0.29) is 5.56 Å². The summed E-state index contributed by atoms with van der Waals surface area (Å²) in [5.41, 5.74) is 3.22. The molecule has 0 fully saturated rings. The maximum absolute atomic E-state index is 11.4. The number of aryl methyl sites for hydroxylation is 1. The van der Waals surface area contributed by atoms with Crippen LogP contribution in [0, 0.1) is 0 Å². The number of nitrogens with one attached hydrogen (secondary N) is 2. The van der Waals surface area contributed by atoms with E-state index in [1.807, 2.05) is 6.92 Å². The van der Waals surface area contributed by atoms with Crippen LogP contribution in [-0.4, -0.2) is 16.2 Å². The van der Waals surface area contributed by atoms with Crippen LogP contribution in [0.2, 0.25) is 0 Å². The molecule has 2 aromatic rings. The molecule has 2 rings (SSSR count). The molecule has 2 heterocycles. The predicted octanol–water partition coefficient (Wildman–Crippen LogP) is 1.76. The summed E-state index contributed by atoms with van der Waals surface area (Å²) in [7, 11) is 0. The van der Waals surface area contributed by atoms with E-state index >= 15 is 0 Å². The molecule has 6 heteroatoms. The fraction of sp³-hybridized carbons (Fsp3) is 0.250. The van der Waals surface area contributed by atoms with E-state index < -0.39 is 0 Å². The molecule has 2 aromatic heterocycles. The van der Waals surface area contributed by atoms with E-state index in [0.29, 0.717) is 11.7 Å². The topological polar surface area (TPSA) is 83.3 Å². The molecule has 0 saturated carbocycles. The van der Waals surface area contributed by atoms with E-state index in [0.717, 1.165) is 18.5 Å². The lowest BCUT2D eigenvalue weighted by Crippen LogP contribution is -2.11. The third-order valence-electron chi connectivity index (χ3n) is 2.21. The molecule has 0 saturated heterocycles. The van der Waals surface area contributed by atoms with Gasteiger partial charge in [-0.2, -0.15) is 5.10 Å². The van der Waals surface area contributed by atoms with Gasteiger partial charge in [-0.15, -0.1) is 0 Å². The first-order valence-electron chi connectivity index (χ1n) is 5.70. The first-order chi connectivity index (χ1) is 8.78. The van der Waals surface area contributed by atoms with Crippen molar-refractivity contribution in [1.29, 1.82) is 0 Å². The Morgan fingerprint density at radius 2 is 2.50 bits per heavy atom. The first kappa shape index (κ1) is 12.1. The minimum Gasteiger partial charge on any atom is -0.463 e. The molecule has 0 aromatic carbocycles. The summed E-state index contributed by atoms with van der Waals surface area (Å²) in [6.07, 6.45) is 4.77. The van der Waals surface area contributed by atoms with Crippen molar-refractivity contribution < 1.29 is 4.42 Å². The molecule has 2 N–H and O–H groups in total. The molecule has 0 amide bonds. The normalized spacial score (nSPS) is 10.9. The largest absolute Gasteiger partial charge is 0.463 e. The quantitative estimate of drug-likeness (QED) is 0.622. The van der Waals surface area contributed by atoms with Crippen LogP contribution in [-0.2, 0) is 6.42 Å². The van der Waals surface area contributed by atoms with Crippen molar-refractivity contribution in [2.24, 2.45) is 5.10 Å². The second kappa shape index (κ2) is 5.81. The molecule has 6 nitrogen and oxygen atoms in total. The molecule has 0 aliphatic carbocycles. The number of rotatable bonds is 5. The van der Waals surface area contributed by atoms with Crippen molar-refractivity contribution in [3.05, 3.63) is 46.3 Å². The summed E-state index contributed by atoms with van der Waals surface area (Å²) < 4.78 is 5.08. The number of hydrogen-bond acceptors (Lipinski definition) is 5. The van der Waals surface area contributed by atoms with Crippen molar-refractivity contribution in [3.63, 3.8) is 0 Å². The Bertz CT molecular complexity index is 572. The fourth-order valence-electron chi connectivity index (χ4n) is 1.47. The maximum Gasteiger partial charge on any atom is 0.252 e. The highest BCUT2D eigenvalue weighted by molar-refractivity contribution is 5.76. The lowest BCUT2D eigenvalue weighted by atomic mass is 10.2. The number of aromatic amines is 1. The van der Waals surface area contributed by atoms with E-state index in [2.05, 4.69) is 20.5 Å². The predicted molar refractivity (Wildman–Crippen MR) is 68.8 cm³/mol. The molecule has 0 bridgehead atoms. The van der Waals surface area contributed by atoms with Crippen LogP contribution in [0.25, 0.3) is 0 Å². The molecular weight excluding hydrogens is 232 g/mol. The zero-order valence-electron chi connectivity index (χ0n) is 10.0. The van der Waals surface area contributed by atoms with Gasteiger partial charge in [0.25, 0.3) is 5.56 Å². The molecular formula is C12H14N4O2. The maximum atomic E-state index is 11.4. The van der Waals surface area contributed by atoms with E-state index in [1.165, 1.54) is 12.3 Å². The lowest BCUT2D eigenvalue weighted by molar-refractivity contribution is 0.560. The van der Waals surface area contributed by atoms with Gasteiger partial charge in [-0.3, -0.25) is 9.78 Å². The Kier molecular flexibility index (Phi) is 3.90. The average molecular weight is 246 g/mol. The van der Waals surface area contributed by atoms with Gasteiger partial charge in [0.2, 0.25) is 5.95 Å². The molecule has 0 radical (unpaired) electrons. The van der Waals surface area contributed by atoms with Crippen molar-refractivity contribution in [2.75, 3.05) is 5.43 Å². The fourth-order valence-corrected chi connectivity index (χ4v) is 1.47. The minimum absolute atomic E-state index is 0.191. The van der Waals surface area contributed by atoms with Gasteiger partial charge in [-0.1, -0.05) is 13.3 Å². The summed E-state index contributed by atoms with van der Waals surface area (Å²) in [5, 5.41) is 3.93. The van der Waals surface area contributed by atoms with Gasteiger partial charge in [-0.05, 0) is 18.6 Å². The van der Waals surface area contributed by atoms with Gasteiger partial charge in [0.1, 0.15) is 5.76 Å². The highest BCUT2D eigenvalue weighted by atomic mass is 16.3. The Morgan fingerprint density at radius 1 is 1.61 bits per heavy atom. The number of H-pyrrole nitrogens is 1. The van der Waals surface area contributed by atoms with E-state index in [9.17, 15) is 4.79 Å². The summed E-state index contributed by atoms with van der Waals surface area (Å²) >= 11 is 0. The second-order valence-electron chi connectivity index (χ2n) is 3.72. The molecule has 0 aliphatic rings. The van der Waals surface area contributed by atoms with Crippen molar-refractivity contribution in [2.45, 2.75) is 19.8 Å². The number of hydrogen-bond donors (Lipinski definition) is 2. The summed E-state index contributed by atoms with van der Waals surface area (Å²) in [6, 6.07) is 5.03. The Hall–Kier alpha value is -2.37. The van der Waals surface area contributed by atoms with E-state index in [4.69, 9.17) is 4.42 Å². The van der Waals surface area contributed by atoms with Crippen LogP contribution in [0.5, 0.6) is 0 Å². The minimum atomic E-state index is -0.191. The Labute approximate surface area is 104 Å². The second-order valence-corrected chi connectivity index (χ2v) is 3.72. The van der Waals surface area contributed by atoms with Crippen LogP contribution in [0.3, 0.4) is 0 Å². The Balaban J connectivity index is 2.07. The molecule has 0 unspecified atom stereocenters. The van der Waals surface area contributed by atoms with Gasteiger partial charge in [-0.25, -0.2) is 10.4 Å². The van der Waals surface area contributed by atoms with Crippen LogP contribution in [0.1, 0.15) is 24.8 Å². The molecule has 0 atom stereocenters. The average Bonchev–Trinajstić information content (AvgIpc) is 2.82. The van der Waals surface area contributed by atoms with Crippen LogP contribution >= 0.6 is 0 Å². The number of hydrazone groups is 1. The highest BCUT2D eigenvalue weighted by Gasteiger charge is 1.99. The number of aromatic nitrogens is 2. The van der Waals surface area contributed by atoms with Crippen LogP contribution in [0.4, 0.5) is 5.95 Å². The third-order valence-corrected chi connectivity index (χ3v) is 2.21. The van der Waals surface area contributed by atoms with Crippen molar-refractivity contribution in [1.82, 2.24) is 9.97 Å². The SMILES string of the molecule is CCCc1cc(=O)[nH]c(N/N=C/c2ccco2)n1. The lowest BCUT2D eigenvalue weighted by Gasteiger charge is -2.01. The molecule has 94 valence electrons. The standard InChI is InChI=1S/C12H14N4O2/c1-2-4-9-7-11(17)15-12(14-9)16-13-8-10-5-3-6-18-10/h3,5-8H,2,4H2,1H3,(H2,14,15,16,17)/b13-8+. The van der Waals surface area contributed by atoms with Gasteiger partial charge in [0.05, 0.1) is 12.5 Å². The molecule has 0 aliphatic heterocycles. The zero-order valence-corrected chi connectivity index (χ0v) is 10.0. The molecule has 0 spiro atoms. The van der Waals surface area contributed by atoms with Crippen molar-refractivity contribution in [3.8, 4) is 0 Å². The van der Waals surface area contributed by atoms with Crippen LogP contribution < -0.4 is 11.0 Å². The summed E-state index contributed by atoms with van der Waals surface area (Å²) in [5.74, 6) is 0.948. The van der Waals surface area contributed by atoms with Gasteiger partial charge < -0.3 is 4.42 Å². The highest BCUT2D eigenvalue weighted by Crippen LogP contribution is 2.01. The monoisotopic (exact) mass is 246 g/mol. The van der Waals surface area contributed by atoms with Crippen LogP contribution in [0.15, 0.2) is 38.8 Å². The summed E-state index contributed by atoms with van der Waals surface area (Å²) in [6.45, 7) is 2.03. The number of nitrogens with zero attached hydrogens (tertiary/aromatic N) is 2. The number of anilines is 1. The van der Waals surface area contributed by atoms with Crippen molar-refractivity contribution >= 4 is 12.2 Å². The first-order valence-corrected chi connectivity index (χ1v) is 5.70. The summed E-state index contributed by atoms with van der Waals surface area (Å²) in [4.78, 5) is 18.2. The van der Waals surface area contributed by atoms with Gasteiger partial charge >= 0.3 is 0 Å². The molecule has 18 heavy (non-hydrogen) atoms. The number of furan rings is 1. The zero-order chi connectivity index (χ0) is 12.8. The third kappa shape index (κ3) is 3.31. The van der Waals surface area contributed by atoms with Gasteiger partial charge in [0, 0.05) is 11.8 Å². The van der Waals surface area contributed by atoms with E-state index in [1.54, 1.807) is 18.4 Å². The Morgan fingerprint density at radius 3 is 3.22 bits per heavy atom.